The van der Waals surface area contributed by atoms with Gasteiger partial charge >= 0.3 is 5.97 Å². The van der Waals surface area contributed by atoms with Crippen LogP contribution in [0.5, 0.6) is 0 Å². The second-order valence-corrected chi connectivity index (χ2v) is 5.14. The Kier molecular flexibility index (Phi) is 5.81. The molecule has 0 unspecified atom stereocenters. The maximum atomic E-state index is 10.6. The minimum Gasteiger partial charge on any atom is -0.480 e. The third-order valence-electron chi connectivity index (χ3n) is 3.75. The standard InChI is InChI=1S/C13H25NO2/c1-3-4-11-5-7-12(8-6-11)9-14-10(2)13(15)16/h10-12,14H,3-9H2,1-2H3,(H,15,16)/t10-,11?,12?/m0/s1. The Hall–Kier alpha value is -0.570. The highest BCUT2D eigenvalue weighted by atomic mass is 16.4. The van der Waals surface area contributed by atoms with Crippen molar-refractivity contribution in [2.24, 2.45) is 11.8 Å². The van der Waals surface area contributed by atoms with Crippen LogP contribution < -0.4 is 5.32 Å². The van der Waals surface area contributed by atoms with Crippen LogP contribution in [0.3, 0.4) is 0 Å². The van der Waals surface area contributed by atoms with E-state index in [0.29, 0.717) is 5.92 Å². The van der Waals surface area contributed by atoms with Crippen LogP contribution in [0.1, 0.15) is 52.4 Å². The smallest absolute Gasteiger partial charge is 0.320 e. The van der Waals surface area contributed by atoms with Crippen molar-refractivity contribution < 1.29 is 9.90 Å². The predicted octanol–water partition coefficient (Wildman–Crippen LogP) is 2.66. The van der Waals surface area contributed by atoms with Gasteiger partial charge in [0.1, 0.15) is 6.04 Å². The van der Waals surface area contributed by atoms with E-state index in [1.165, 1.54) is 38.5 Å². The van der Waals surface area contributed by atoms with Gasteiger partial charge in [0.25, 0.3) is 0 Å². The van der Waals surface area contributed by atoms with Gasteiger partial charge in [-0.3, -0.25) is 4.79 Å². The Labute approximate surface area is 98.6 Å². The maximum absolute atomic E-state index is 10.6. The molecule has 1 saturated carbocycles. The minimum absolute atomic E-state index is 0.409. The molecular formula is C13H25NO2. The van der Waals surface area contributed by atoms with E-state index in [1.54, 1.807) is 6.92 Å². The van der Waals surface area contributed by atoms with E-state index in [1.807, 2.05) is 0 Å². The summed E-state index contributed by atoms with van der Waals surface area (Å²) in [4.78, 5) is 10.6. The second-order valence-electron chi connectivity index (χ2n) is 5.14. The summed E-state index contributed by atoms with van der Waals surface area (Å²) in [5.41, 5.74) is 0. The van der Waals surface area contributed by atoms with Crippen LogP contribution >= 0.6 is 0 Å². The summed E-state index contributed by atoms with van der Waals surface area (Å²) in [6.45, 7) is 4.83. The Morgan fingerprint density at radius 2 is 1.88 bits per heavy atom. The second kappa shape index (κ2) is 6.89. The molecule has 3 heteroatoms. The third kappa shape index (κ3) is 4.52. The average molecular weight is 227 g/mol. The zero-order chi connectivity index (χ0) is 12.0. The van der Waals surface area contributed by atoms with Crippen LogP contribution in [0.15, 0.2) is 0 Å². The minimum atomic E-state index is -0.750. The van der Waals surface area contributed by atoms with Crippen molar-refractivity contribution in [2.75, 3.05) is 6.54 Å². The van der Waals surface area contributed by atoms with Gasteiger partial charge in [0.2, 0.25) is 0 Å². The fraction of sp³-hybridized carbons (Fsp3) is 0.923. The lowest BCUT2D eigenvalue weighted by Gasteiger charge is -2.29. The van der Waals surface area contributed by atoms with E-state index >= 15 is 0 Å². The van der Waals surface area contributed by atoms with Gasteiger partial charge in [0.05, 0.1) is 0 Å². The summed E-state index contributed by atoms with van der Waals surface area (Å²) < 4.78 is 0. The lowest BCUT2D eigenvalue weighted by atomic mass is 9.80. The van der Waals surface area contributed by atoms with E-state index < -0.39 is 12.0 Å². The number of aliphatic carboxylic acids is 1. The number of hydrogen-bond acceptors (Lipinski definition) is 2. The summed E-state index contributed by atoms with van der Waals surface area (Å²) in [6, 6.07) is -0.409. The normalized spacial score (nSPS) is 27.6. The zero-order valence-corrected chi connectivity index (χ0v) is 10.5. The molecule has 0 aromatic heterocycles. The molecule has 0 bridgehead atoms. The first kappa shape index (κ1) is 13.5. The lowest BCUT2D eigenvalue weighted by Crippen LogP contribution is -2.37. The lowest BCUT2D eigenvalue weighted by molar-refractivity contribution is -0.139. The van der Waals surface area contributed by atoms with Gasteiger partial charge in [-0.1, -0.05) is 32.6 Å². The predicted molar refractivity (Wildman–Crippen MR) is 65.5 cm³/mol. The zero-order valence-electron chi connectivity index (χ0n) is 10.5. The van der Waals surface area contributed by atoms with E-state index in [0.717, 1.165) is 12.5 Å². The van der Waals surface area contributed by atoms with E-state index in [-0.39, 0.29) is 0 Å². The molecule has 1 atom stereocenters. The molecule has 94 valence electrons. The molecule has 1 aliphatic carbocycles. The molecule has 3 nitrogen and oxygen atoms in total. The molecule has 0 aromatic rings. The van der Waals surface area contributed by atoms with E-state index in [2.05, 4.69) is 12.2 Å². The monoisotopic (exact) mass is 227 g/mol. The highest BCUT2D eigenvalue weighted by Crippen LogP contribution is 2.31. The fourth-order valence-electron chi connectivity index (χ4n) is 2.56. The van der Waals surface area contributed by atoms with Gasteiger partial charge in [-0.05, 0) is 38.1 Å². The van der Waals surface area contributed by atoms with Gasteiger partial charge in [-0.2, -0.15) is 0 Å². The van der Waals surface area contributed by atoms with Gasteiger partial charge in [0, 0.05) is 0 Å². The topological polar surface area (TPSA) is 49.3 Å². The quantitative estimate of drug-likeness (QED) is 0.733. The van der Waals surface area contributed by atoms with Crippen molar-refractivity contribution in [3.05, 3.63) is 0 Å². The Morgan fingerprint density at radius 3 is 2.38 bits per heavy atom. The summed E-state index contributed by atoms with van der Waals surface area (Å²) >= 11 is 0. The number of carboxylic acid groups (broad SMARTS) is 1. The van der Waals surface area contributed by atoms with Gasteiger partial charge in [-0.25, -0.2) is 0 Å². The van der Waals surface area contributed by atoms with Gasteiger partial charge in [-0.15, -0.1) is 0 Å². The number of hydrogen-bond donors (Lipinski definition) is 2. The van der Waals surface area contributed by atoms with E-state index in [9.17, 15) is 4.79 Å². The first-order valence-electron chi connectivity index (χ1n) is 6.59. The molecule has 0 aliphatic heterocycles. The Morgan fingerprint density at radius 1 is 1.31 bits per heavy atom. The summed E-state index contributed by atoms with van der Waals surface area (Å²) in [5, 5.41) is 11.9. The van der Waals surface area contributed by atoms with Gasteiger partial charge in [0.15, 0.2) is 0 Å². The molecule has 16 heavy (non-hydrogen) atoms. The first-order chi connectivity index (χ1) is 7.63. The third-order valence-corrected chi connectivity index (χ3v) is 3.75. The molecule has 2 N–H and O–H groups in total. The van der Waals surface area contributed by atoms with Crippen molar-refractivity contribution in [2.45, 2.75) is 58.4 Å². The molecule has 0 heterocycles. The van der Waals surface area contributed by atoms with Crippen LogP contribution in [0.2, 0.25) is 0 Å². The Bertz CT molecular complexity index is 210. The van der Waals surface area contributed by atoms with Crippen molar-refractivity contribution in [1.82, 2.24) is 5.32 Å². The van der Waals surface area contributed by atoms with Crippen LogP contribution in [-0.4, -0.2) is 23.7 Å². The van der Waals surface area contributed by atoms with Crippen molar-refractivity contribution in [1.29, 1.82) is 0 Å². The molecular weight excluding hydrogens is 202 g/mol. The van der Waals surface area contributed by atoms with Crippen LogP contribution in [-0.2, 0) is 4.79 Å². The van der Waals surface area contributed by atoms with Crippen LogP contribution in [0.25, 0.3) is 0 Å². The van der Waals surface area contributed by atoms with Gasteiger partial charge < -0.3 is 10.4 Å². The molecule has 0 saturated heterocycles. The van der Waals surface area contributed by atoms with Crippen LogP contribution in [0, 0.1) is 11.8 Å². The molecule has 0 spiro atoms. The molecule has 0 amide bonds. The Balaban J connectivity index is 2.14. The summed E-state index contributed by atoms with van der Waals surface area (Å²) in [7, 11) is 0. The van der Waals surface area contributed by atoms with Crippen molar-refractivity contribution >= 4 is 5.97 Å². The SMILES string of the molecule is CCCC1CCC(CN[C@@H](C)C(=O)O)CC1. The van der Waals surface area contributed by atoms with Crippen LogP contribution in [0.4, 0.5) is 0 Å². The molecule has 1 aliphatic rings. The fourth-order valence-corrected chi connectivity index (χ4v) is 2.56. The molecule has 1 rings (SSSR count). The molecule has 0 radical (unpaired) electrons. The highest BCUT2D eigenvalue weighted by Gasteiger charge is 2.21. The number of rotatable bonds is 6. The number of carbonyl (C=O) groups is 1. The summed E-state index contributed by atoms with van der Waals surface area (Å²) in [6.07, 6.45) is 7.87. The number of nitrogens with one attached hydrogen (secondary N) is 1. The highest BCUT2D eigenvalue weighted by molar-refractivity contribution is 5.72. The largest absolute Gasteiger partial charge is 0.480 e. The van der Waals surface area contributed by atoms with E-state index in [4.69, 9.17) is 5.11 Å². The summed E-state index contributed by atoms with van der Waals surface area (Å²) in [5.74, 6) is 0.868. The first-order valence-corrected chi connectivity index (χ1v) is 6.59. The molecule has 1 fully saturated rings. The van der Waals surface area contributed by atoms with Crippen molar-refractivity contribution in [3.63, 3.8) is 0 Å². The van der Waals surface area contributed by atoms with Crippen molar-refractivity contribution in [3.8, 4) is 0 Å². The maximum Gasteiger partial charge on any atom is 0.320 e. The number of carboxylic acids is 1. The molecule has 0 aromatic carbocycles. The average Bonchev–Trinajstić information content (AvgIpc) is 2.28.